The molecule has 3 aromatic carbocycles. The van der Waals surface area contributed by atoms with Crippen LogP contribution in [-0.2, 0) is 21.4 Å². The summed E-state index contributed by atoms with van der Waals surface area (Å²) in [5.41, 5.74) is 0.291. The highest BCUT2D eigenvalue weighted by atomic mass is 32.2. The standard InChI is InChI=1S/C23H16F2N2O3S2/c24-16-9-10-19(18(25)12-16)26(13-17-6-3-11-31-17)22(28)14-27-20-7-1-4-15-5-2-8-21(23(15)20)32(27,29)30/h1-12H,13-14H2. The summed E-state index contributed by atoms with van der Waals surface area (Å²) >= 11 is 1.38. The van der Waals surface area contributed by atoms with Gasteiger partial charge in [-0.1, -0.05) is 30.3 Å². The van der Waals surface area contributed by atoms with Crippen molar-refractivity contribution in [3.63, 3.8) is 0 Å². The number of amides is 1. The average Bonchev–Trinajstić information content (AvgIpc) is 3.35. The molecule has 0 atom stereocenters. The van der Waals surface area contributed by atoms with Gasteiger partial charge in [0.15, 0.2) is 0 Å². The first-order chi connectivity index (χ1) is 15.4. The first kappa shape index (κ1) is 20.6. The summed E-state index contributed by atoms with van der Waals surface area (Å²) in [5.74, 6) is -2.29. The lowest BCUT2D eigenvalue weighted by molar-refractivity contribution is -0.117. The van der Waals surface area contributed by atoms with Gasteiger partial charge in [-0.15, -0.1) is 11.3 Å². The van der Waals surface area contributed by atoms with E-state index in [1.807, 2.05) is 5.38 Å². The Hall–Kier alpha value is -3.30. The summed E-state index contributed by atoms with van der Waals surface area (Å²) in [4.78, 5) is 15.4. The van der Waals surface area contributed by atoms with Crippen LogP contribution in [0.4, 0.5) is 20.2 Å². The van der Waals surface area contributed by atoms with Crippen LogP contribution in [0.15, 0.2) is 77.0 Å². The lowest BCUT2D eigenvalue weighted by Gasteiger charge is -2.26. The van der Waals surface area contributed by atoms with Crippen LogP contribution < -0.4 is 9.21 Å². The number of carbonyl (C=O) groups excluding carboxylic acids is 1. The number of sulfonamides is 1. The van der Waals surface area contributed by atoms with Gasteiger partial charge in [-0.3, -0.25) is 9.10 Å². The molecule has 5 rings (SSSR count). The highest BCUT2D eigenvalue weighted by molar-refractivity contribution is 7.93. The van der Waals surface area contributed by atoms with Gasteiger partial charge in [0.1, 0.15) is 18.2 Å². The van der Waals surface area contributed by atoms with Gasteiger partial charge in [-0.2, -0.15) is 0 Å². The van der Waals surface area contributed by atoms with Crippen LogP contribution in [0.3, 0.4) is 0 Å². The molecule has 5 nitrogen and oxygen atoms in total. The van der Waals surface area contributed by atoms with E-state index in [0.29, 0.717) is 17.1 Å². The lowest BCUT2D eigenvalue weighted by Crippen LogP contribution is -2.41. The highest BCUT2D eigenvalue weighted by Crippen LogP contribution is 2.42. The maximum Gasteiger partial charge on any atom is 0.265 e. The second kappa shape index (κ2) is 7.68. The predicted octanol–water partition coefficient (Wildman–Crippen LogP) is 4.92. The molecule has 0 unspecified atom stereocenters. The molecule has 1 aromatic heterocycles. The molecule has 32 heavy (non-hydrogen) atoms. The zero-order valence-electron chi connectivity index (χ0n) is 16.5. The van der Waals surface area contributed by atoms with Gasteiger partial charge in [0.25, 0.3) is 10.0 Å². The Morgan fingerprint density at radius 1 is 1.00 bits per heavy atom. The van der Waals surface area contributed by atoms with Crippen LogP contribution >= 0.6 is 11.3 Å². The molecule has 0 N–H and O–H groups in total. The minimum Gasteiger partial charge on any atom is -0.303 e. The van der Waals surface area contributed by atoms with Gasteiger partial charge in [-0.25, -0.2) is 17.2 Å². The Balaban J connectivity index is 1.55. The molecule has 0 saturated heterocycles. The lowest BCUT2D eigenvalue weighted by atomic mass is 10.1. The van der Waals surface area contributed by atoms with Gasteiger partial charge < -0.3 is 4.90 Å². The molecule has 1 aliphatic heterocycles. The number of carbonyl (C=O) groups is 1. The number of anilines is 2. The maximum atomic E-state index is 14.6. The zero-order chi connectivity index (χ0) is 22.5. The summed E-state index contributed by atoms with van der Waals surface area (Å²) in [6, 6.07) is 16.7. The monoisotopic (exact) mass is 470 g/mol. The fourth-order valence-electron chi connectivity index (χ4n) is 3.90. The zero-order valence-corrected chi connectivity index (χ0v) is 18.2. The first-order valence-corrected chi connectivity index (χ1v) is 12.0. The minimum atomic E-state index is -3.95. The van der Waals surface area contributed by atoms with Crippen LogP contribution in [-0.4, -0.2) is 20.9 Å². The van der Waals surface area contributed by atoms with E-state index in [-0.39, 0.29) is 17.1 Å². The van der Waals surface area contributed by atoms with E-state index in [2.05, 4.69) is 0 Å². The molecule has 162 valence electrons. The van der Waals surface area contributed by atoms with Crippen LogP contribution in [0, 0.1) is 11.6 Å². The van der Waals surface area contributed by atoms with Gasteiger partial charge in [0.05, 0.1) is 22.8 Å². The molecule has 9 heteroatoms. The third kappa shape index (κ3) is 3.34. The van der Waals surface area contributed by atoms with E-state index in [1.165, 1.54) is 23.5 Å². The van der Waals surface area contributed by atoms with Gasteiger partial charge in [0.2, 0.25) is 5.91 Å². The molecule has 0 bridgehead atoms. The number of benzene rings is 3. The van der Waals surface area contributed by atoms with Gasteiger partial charge in [-0.05, 0) is 41.1 Å². The molecular weight excluding hydrogens is 454 g/mol. The van der Waals surface area contributed by atoms with Crippen molar-refractivity contribution in [2.24, 2.45) is 0 Å². The van der Waals surface area contributed by atoms with Crippen LogP contribution in [0.5, 0.6) is 0 Å². The molecule has 4 aromatic rings. The van der Waals surface area contributed by atoms with Crippen LogP contribution in [0.25, 0.3) is 10.8 Å². The van der Waals surface area contributed by atoms with Crippen molar-refractivity contribution in [3.05, 3.63) is 88.6 Å². The van der Waals surface area contributed by atoms with Crippen molar-refractivity contribution in [1.29, 1.82) is 0 Å². The van der Waals surface area contributed by atoms with Crippen molar-refractivity contribution in [2.75, 3.05) is 15.7 Å². The third-order valence-electron chi connectivity index (χ3n) is 5.36. The SMILES string of the molecule is O=C(CN1c2cccc3cccc(c23)S1(=O)=O)N(Cc1cccs1)c1ccc(F)cc1F. The minimum absolute atomic E-state index is 0.0318. The fraction of sp³-hybridized carbons (Fsp3) is 0.0870. The van der Waals surface area contributed by atoms with E-state index >= 15 is 0 Å². The molecule has 2 heterocycles. The van der Waals surface area contributed by atoms with E-state index < -0.39 is 34.1 Å². The summed E-state index contributed by atoms with van der Waals surface area (Å²) < 4.78 is 55.6. The smallest absolute Gasteiger partial charge is 0.265 e. The number of hydrogen-bond donors (Lipinski definition) is 0. The normalized spacial score (nSPS) is 14.1. The quantitative estimate of drug-likeness (QED) is 0.416. The Morgan fingerprint density at radius 2 is 1.78 bits per heavy atom. The number of hydrogen-bond acceptors (Lipinski definition) is 4. The summed E-state index contributed by atoms with van der Waals surface area (Å²) in [7, 11) is -3.95. The molecular formula is C23H16F2N2O3S2. The van der Waals surface area contributed by atoms with Crippen LogP contribution in [0.2, 0.25) is 0 Å². The summed E-state index contributed by atoms with van der Waals surface area (Å²) in [6.45, 7) is -0.484. The maximum absolute atomic E-state index is 14.6. The summed E-state index contributed by atoms with van der Waals surface area (Å²) in [6.07, 6.45) is 0. The first-order valence-electron chi connectivity index (χ1n) is 9.68. The molecule has 0 aliphatic carbocycles. The number of halogens is 2. The van der Waals surface area contributed by atoms with Crippen LogP contribution in [0.1, 0.15) is 4.88 Å². The van der Waals surface area contributed by atoms with Gasteiger partial charge >= 0.3 is 0 Å². The molecule has 1 aliphatic rings. The number of nitrogens with zero attached hydrogens (tertiary/aromatic N) is 2. The third-order valence-corrected chi connectivity index (χ3v) is 8.02. The predicted molar refractivity (Wildman–Crippen MR) is 120 cm³/mol. The Kier molecular flexibility index (Phi) is 4.94. The topological polar surface area (TPSA) is 57.7 Å². The van der Waals surface area contributed by atoms with Crippen molar-refractivity contribution in [2.45, 2.75) is 11.4 Å². The Morgan fingerprint density at radius 3 is 2.50 bits per heavy atom. The molecule has 0 fully saturated rings. The second-order valence-corrected chi connectivity index (χ2v) is 10.2. The van der Waals surface area contributed by atoms with Crippen molar-refractivity contribution in [3.8, 4) is 0 Å². The van der Waals surface area contributed by atoms with Gasteiger partial charge in [0, 0.05) is 16.3 Å². The fourth-order valence-corrected chi connectivity index (χ4v) is 6.26. The largest absolute Gasteiger partial charge is 0.303 e. The summed E-state index contributed by atoms with van der Waals surface area (Å²) in [5, 5.41) is 3.13. The van der Waals surface area contributed by atoms with E-state index in [4.69, 9.17) is 0 Å². The van der Waals surface area contributed by atoms with Crippen molar-refractivity contribution in [1.82, 2.24) is 0 Å². The molecule has 0 saturated carbocycles. The number of rotatable bonds is 5. The average molecular weight is 471 g/mol. The highest BCUT2D eigenvalue weighted by Gasteiger charge is 2.37. The number of thiophene rings is 1. The van der Waals surface area contributed by atoms with E-state index in [1.54, 1.807) is 42.5 Å². The van der Waals surface area contributed by atoms with E-state index in [0.717, 1.165) is 25.5 Å². The van der Waals surface area contributed by atoms with Crippen molar-refractivity contribution >= 4 is 49.4 Å². The Bertz CT molecular complexity index is 1450. The molecule has 0 spiro atoms. The molecule has 0 radical (unpaired) electrons. The molecule has 1 amide bonds. The van der Waals surface area contributed by atoms with Crippen molar-refractivity contribution < 1.29 is 22.0 Å². The Labute approximate surface area is 187 Å². The van der Waals surface area contributed by atoms with E-state index in [9.17, 15) is 22.0 Å². The second-order valence-electron chi connectivity index (χ2n) is 7.30.